The summed E-state index contributed by atoms with van der Waals surface area (Å²) >= 11 is 0. The van der Waals surface area contributed by atoms with Crippen molar-refractivity contribution in [3.63, 3.8) is 0 Å². The minimum absolute atomic E-state index is 0.109. The van der Waals surface area contributed by atoms with Crippen LogP contribution in [0.25, 0.3) is 0 Å². The number of rotatable bonds is 2. The molecule has 0 unspecified atom stereocenters. The molecule has 2 nitrogen and oxygen atoms in total. The molecule has 4 heteroatoms. The molecular weight excluding hydrogens is 162 g/mol. The predicted molar refractivity (Wildman–Crippen MR) is 45.5 cm³/mol. The summed E-state index contributed by atoms with van der Waals surface area (Å²) in [5.74, 6) is -1.19. The summed E-state index contributed by atoms with van der Waals surface area (Å²) < 4.78 is 26.0. The lowest BCUT2D eigenvalue weighted by Gasteiger charge is -2.07. The zero-order valence-electron chi connectivity index (χ0n) is 6.91. The molecule has 0 spiro atoms. The van der Waals surface area contributed by atoms with E-state index < -0.39 is 11.6 Å². The zero-order valence-corrected chi connectivity index (χ0v) is 6.91. The molecule has 1 rings (SSSR count). The number of nitrogens with one attached hydrogen (secondary N) is 2. The lowest BCUT2D eigenvalue weighted by Crippen LogP contribution is -2.00. The monoisotopic (exact) mass is 172 g/mol. The van der Waals surface area contributed by atoms with Gasteiger partial charge in [-0.25, -0.2) is 8.78 Å². The van der Waals surface area contributed by atoms with E-state index in [2.05, 4.69) is 10.6 Å². The van der Waals surface area contributed by atoms with E-state index in [4.69, 9.17) is 0 Å². The molecule has 66 valence electrons. The Balaban J connectivity index is 3.24. The van der Waals surface area contributed by atoms with Crippen LogP contribution in [0.5, 0.6) is 0 Å². The molecule has 0 radical (unpaired) electrons. The van der Waals surface area contributed by atoms with Crippen LogP contribution in [0.3, 0.4) is 0 Å². The number of hydrogen-bond acceptors (Lipinski definition) is 2. The minimum atomic E-state index is -0.597. The molecule has 0 fully saturated rings. The van der Waals surface area contributed by atoms with Crippen molar-refractivity contribution >= 4 is 11.4 Å². The average molecular weight is 172 g/mol. The first-order valence-electron chi connectivity index (χ1n) is 3.54. The Hall–Kier alpha value is -1.32. The lowest BCUT2D eigenvalue weighted by molar-refractivity contribution is 0.592. The van der Waals surface area contributed by atoms with E-state index in [1.807, 2.05) is 0 Å². The van der Waals surface area contributed by atoms with Gasteiger partial charge in [0.05, 0.1) is 5.69 Å². The van der Waals surface area contributed by atoms with Gasteiger partial charge in [-0.15, -0.1) is 0 Å². The third kappa shape index (κ3) is 1.32. The van der Waals surface area contributed by atoms with Crippen LogP contribution < -0.4 is 10.6 Å². The van der Waals surface area contributed by atoms with Crippen molar-refractivity contribution in [3.05, 3.63) is 23.8 Å². The fourth-order valence-corrected chi connectivity index (χ4v) is 0.975. The largest absolute Gasteiger partial charge is 0.386 e. The summed E-state index contributed by atoms with van der Waals surface area (Å²) in [7, 11) is 3.05. The number of benzene rings is 1. The van der Waals surface area contributed by atoms with Gasteiger partial charge in [0.2, 0.25) is 0 Å². The molecule has 1 aromatic carbocycles. The first-order valence-corrected chi connectivity index (χ1v) is 3.54. The standard InChI is InChI=1S/C8H10F2N2/c1-11-6-4-3-5(9)8(12-2)7(6)10/h3-4,11-12H,1-2H3. The van der Waals surface area contributed by atoms with Gasteiger partial charge in [0.15, 0.2) is 5.82 Å². The van der Waals surface area contributed by atoms with Crippen molar-refractivity contribution in [1.82, 2.24) is 0 Å². The fraction of sp³-hybridized carbons (Fsp3) is 0.250. The molecule has 1 aromatic rings. The summed E-state index contributed by atoms with van der Waals surface area (Å²) in [5.41, 5.74) is 0.169. The van der Waals surface area contributed by atoms with Gasteiger partial charge in [-0.3, -0.25) is 0 Å². The van der Waals surface area contributed by atoms with E-state index in [0.29, 0.717) is 0 Å². The van der Waals surface area contributed by atoms with Crippen LogP contribution >= 0.6 is 0 Å². The lowest BCUT2D eigenvalue weighted by atomic mass is 10.2. The highest BCUT2D eigenvalue weighted by atomic mass is 19.1. The number of hydrogen-bond donors (Lipinski definition) is 2. The van der Waals surface area contributed by atoms with Gasteiger partial charge in [-0.05, 0) is 12.1 Å². The Morgan fingerprint density at radius 3 is 2.25 bits per heavy atom. The third-order valence-electron chi connectivity index (χ3n) is 1.61. The first-order chi connectivity index (χ1) is 5.70. The van der Waals surface area contributed by atoms with Crippen LogP contribution in [0.2, 0.25) is 0 Å². The van der Waals surface area contributed by atoms with E-state index in [9.17, 15) is 8.78 Å². The van der Waals surface area contributed by atoms with Crippen molar-refractivity contribution in [3.8, 4) is 0 Å². The topological polar surface area (TPSA) is 24.1 Å². The van der Waals surface area contributed by atoms with Crippen LogP contribution in [-0.2, 0) is 0 Å². The molecule has 12 heavy (non-hydrogen) atoms. The molecule has 0 saturated heterocycles. The van der Waals surface area contributed by atoms with Crippen LogP contribution in [0.1, 0.15) is 0 Å². The Bertz CT molecular complexity index is 287. The molecule has 0 saturated carbocycles. The quantitative estimate of drug-likeness (QED) is 0.713. The highest BCUT2D eigenvalue weighted by Crippen LogP contribution is 2.24. The zero-order chi connectivity index (χ0) is 9.14. The van der Waals surface area contributed by atoms with Crippen LogP contribution in [0, 0.1) is 11.6 Å². The van der Waals surface area contributed by atoms with Crippen molar-refractivity contribution in [2.75, 3.05) is 24.7 Å². The molecule has 2 N–H and O–H groups in total. The summed E-state index contributed by atoms with van der Waals surface area (Å²) in [6.45, 7) is 0. The van der Waals surface area contributed by atoms with Crippen molar-refractivity contribution in [2.45, 2.75) is 0 Å². The maximum Gasteiger partial charge on any atom is 0.172 e. The second-order valence-corrected chi connectivity index (χ2v) is 2.28. The van der Waals surface area contributed by atoms with Crippen LogP contribution in [0.15, 0.2) is 12.1 Å². The molecule has 0 aromatic heterocycles. The molecule has 0 bridgehead atoms. The van der Waals surface area contributed by atoms with E-state index >= 15 is 0 Å². The van der Waals surface area contributed by atoms with Gasteiger partial charge in [0, 0.05) is 14.1 Å². The second kappa shape index (κ2) is 3.38. The maximum absolute atomic E-state index is 13.2. The van der Waals surface area contributed by atoms with E-state index in [0.717, 1.165) is 0 Å². The predicted octanol–water partition coefficient (Wildman–Crippen LogP) is 2.05. The fourth-order valence-electron chi connectivity index (χ4n) is 0.975. The number of halogens is 2. The Morgan fingerprint density at radius 1 is 1.08 bits per heavy atom. The molecule has 0 aliphatic rings. The van der Waals surface area contributed by atoms with Crippen molar-refractivity contribution in [1.29, 1.82) is 0 Å². The van der Waals surface area contributed by atoms with Crippen LogP contribution in [-0.4, -0.2) is 14.1 Å². The molecule has 0 heterocycles. The summed E-state index contributed by atoms with van der Waals surface area (Å²) in [5, 5.41) is 5.06. The maximum atomic E-state index is 13.2. The minimum Gasteiger partial charge on any atom is -0.386 e. The van der Waals surface area contributed by atoms with E-state index in [1.54, 1.807) is 7.05 Å². The van der Waals surface area contributed by atoms with Gasteiger partial charge >= 0.3 is 0 Å². The normalized spacial score (nSPS) is 9.67. The summed E-state index contributed by atoms with van der Waals surface area (Å²) in [6.07, 6.45) is 0. The van der Waals surface area contributed by atoms with Gasteiger partial charge in [-0.1, -0.05) is 0 Å². The molecule has 0 aliphatic carbocycles. The average Bonchev–Trinajstić information content (AvgIpc) is 2.06. The Morgan fingerprint density at radius 2 is 1.75 bits per heavy atom. The molecular formula is C8H10F2N2. The van der Waals surface area contributed by atoms with Gasteiger partial charge in [-0.2, -0.15) is 0 Å². The first kappa shape index (κ1) is 8.77. The van der Waals surface area contributed by atoms with Crippen LogP contribution in [0.4, 0.5) is 20.2 Å². The second-order valence-electron chi connectivity index (χ2n) is 2.28. The van der Waals surface area contributed by atoms with Gasteiger partial charge < -0.3 is 10.6 Å². The van der Waals surface area contributed by atoms with Crippen molar-refractivity contribution < 1.29 is 8.78 Å². The Kier molecular flexibility index (Phi) is 2.47. The van der Waals surface area contributed by atoms with E-state index in [-0.39, 0.29) is 11.4 Å². The van der Waals surface area contributed by atoms with E-state index in [1.165, 1.54) is 19.2 Å². The Labute approximate surface area is 69.6 Å². The highest BCUT2D eigenvalue weighted by Gasteiger charge is 2.10. The highest BCUT2D eigenvalue weighted by molar-refractivity contribution is 5.58. The molecule has 0 amide bonds. The van der Waals surface area contributed by atoms with Gasteiger partial charge in [0.1, 0.15) is 11.5 Å². The molecule has 0 aliphatic heterocycles. The smallest absolute Gasteiger partial charge is 0.172 e. The summed E-state index contributed by atoms with van der Waals surface area (Å²) in [4.78, 5) is 0. The third-order valence-corrected chi connectivity index (χ3v) is 1.61. The SMILES string of the molecule is CNc1ccc(F)c(NC)c1F. The van der Waals surface area contributed by atoms with Gasteiger partial charge in [0.25, 0.3) is 0 Å². The summed E-state index contributed by atoms with van der Waals surface area (Å²) in [6, 6.07) is 2.56. The number of anilines is 2. The molecule has 0 atom stereocenters. The van der Waals surface area contributed by atoms with Crippen molar-refractivity contribution in [2.24, 2.45) is 0 Å².